The Morgan fingerprint density at radius 3 is 2.31 bits per heavy atom. The fraction of sp³-hybridized carbons (Fsp3) is 0.125. The molecule has 3 N–H and O–H groups in total. The van der Waals surface area contributed by atoms with Gasteiger partial charge in [-0.1, -0.05) is 17.7 Å². The number of amides is 3. The average molecular weight is 430 g/mol. The van der Waals surface area contributed by atoms with Crippen LogP contribution in [0.2, 0.25) is 0 Å². The summed E-state index contributed by atoms with van der Waals surface area (Å²) in [5.74, 6) is 0.445. The zero-order valence-corrected chi connectivity index (χ0v) is 17.4. The first kappa shape index (κ1) is 20.9. The largest absolute Gasteiger partial charge is 0.459 e. The van der Waals surface area contributed by atoms with Crippen molar-refractivity contribution < 1.29 is 18.4 Å². The average Bonchev–Trinajstić information content (AvgIpc) is 3.48. The van der Waals surface area contributed by atoms with Gasteiger partial charge in [-0.3, -0.25) is 4.79 Å². The number of nitrogens with zero attached hydrogens (tertiary/aromatic N) is 1. The maximum absolute atomic E-state index is 12.1. The number of anilines is 2. The maximum Gasteiger partial charge on any atom is 0.319 e. The maximum atomic E-state index is 12.1. The standard InChI is InChI=1S/C24H22N4O4/c1-16-4-6-17(7-5-16)23-27-20(15-32-23)12-13-25-24(30)28-19-10-8-18(9-11-19)26-22(29)21-3-2-14-31-21/h2-11,14-15H,12-13H2,1H3,(H,26,29)(H2,25,28,30). The van der Waals surface area contributed by atoms with E-state index in [1.165, 1.54) is 11.8 Å². The SMILES string of the molecule is Cc1ccc(-c2nc(CCNC(=O)Nc3ccc(NC(=O)c4ccco4)cc3)co2)cc1. The molecule has 0 aliphatic heterocycles. The second-order valence-electron chi connectivity index (χ2n) is 7.15. The van der Waals surface area contributed by atoms with E-state index in [0.717, 1.165) is 11.3 Å². The molecule has 0 radical (unpaired) electrons. The minimum atomic E-state index is -0.341. The van der Waals surface area contributed by atoms with Crippen LogP contribution in [0.4, 0.5) is 16.2 Å². The predicted molar refractivity (Wildman–Crippen MR) is 121 cm³/mol. The summed E-state index contributed by atoms with van der Waals surface area (Å²) in [5.41, 5.74) is 4.03. The van der Waals surface area contributed by atoms with Gasteiger partial charge in [-0.05, 0) is 55.5 Å². The van der Waals surface area contributed by atoms with Gasteiger partial charge >= 0.3 is 6.03 Å². The van der Waals surface area contributed by atoms with E-state index in [4.69, 9.17) is 8.83 Å². The number of urea groups is 1. The van der Waals surface area contributed by atoms with Crippen molar-refractivity contribution in [3.63, 3.8) is 0 Å². The van der Waals surface area contributed by atoms with E-state index in [1.54, 1.807) is 42.7 Å². The Bertz CT molecular complexity index is 1180. The summed E-state index contributed by atoms with van der Waals surface area (Å²) >= 11 is 0. The third kappa shape index (κ3) is 5.42. The topological polar surface area (TPSA) is 109 Å². The summed E-state index contributed by atoms with van der Waals surface area (Å²) in [6, 6.07) is 17.6. The number of carbonyl (C=O) groups is 2. The van der Waals surface area contributed by atoms with Crippen LogP contribution in [-0.4, -0.2) is 23.5 Å². The fourth-order valence-corrected chi connectivity index (χ4v) is 2.97. The molecule has 0 saturated heterocycles. The van der Waals surface area contributed by atoms with Crippen molar-refractivity contribution in [3.8, 4) is 11.5 Å². The van der Waals surface area contributed by atoms with Gasteiger partial charge in [-0.25, -0.2) is 9.78 Å². The molecule has 0 aliphatic rings. The van der Waals surface area contributed by atoms with E-state index in [9.17, 15) is 9.59 Å². The van der Waals surface area contributed by atoms with E-state index in [0.29, 0.717) is 30.2 Å². The summed E-state index contributed by atoms with van der Waals surface area (Å²) in [7, 11) is 0. The van der Waals surface area contributed by atoms with Crippen molar-refractivity contribution in [2.24, 2.45) is 0 Å². The fourth-order valence-electron chi connectivity index (χ4n) is 2.97. The number of aromatic nitrogens is 1. The Kier molecular flexibility index (Phi) is 6.31. The van der Waals surface area contributed by atoms with Gasteiger partial charge in [0.2, 0.25) is 5.89 Å². The number of nitrogens with one attached hydrogen (secondary N) is 3. The third-order valence-electron chi connectivity index (χ3n) is 4.66. The minimum absolute atomic E-state index is 0.227. The zero-order valence-electron chi connectivity index (χ0n) is 17.4. The molecule has 162 valence electrons. The molecule has 4 rings (SSSR count). The van der Waals surface area contributed by atoms with Crippen molar-refractivity contribution in [3.05, 3.63) is 90.2 Å². The van der Waals surface area contributed by atoms with Gasteiger partial charge in [0.15, 0.2) is 5.76 Å². The van der Waals surface area contributed by atoms with Gasteiger partial charge in [-0.2, -0.15) is 0 Å². The Balaban J connectivity index is 1.22. The molecule has 0 spiro atoms. The van der Waals surface area contributed by atoms with Crippen LogP contribution in [0, 0.1) is 6.92 Å². The molecule has 2 aromatic heterocycles. The molecule has 0 bridgehead atoms. The monoisotopic (exact) mass is 430 g/mol. The first-order valence-corrected chi connectivity index (χ1v) is 10.1. The van der Waals surface area contributed by atoms with E-state index >= 15 is 0 Å². The number of oxazole rings is 1. The van der Waals surface area contributed by atoms with Crippen molar-refractivity contribution >= 4 is 23.3 Å². The van der Waals surface area contributed by atoms with Gasteiger partial charge in [-0.15, -0.1) is 0 Å². The predicted octanol–water partition coefficient (Wildman–Crippen LogP) is 4.86. The third-order valence-corrected chi connectivity index (χ3v) is 4.66. The highest BCUT2D eigenvalue weighted by Crippen LogP contribution is 2.19. The molecule has 8 heteroatoms. The number of hydrogen-bond acceptors (Lipinski definition) is 5. The summed E-state index contributed by atoms with van der Waals surface area (Å²) in [6.07, 6.45) is 3.58. The first-order valence-electron chi connectivity index (χ1n) is 10.1. The Labute approximate surface area is 184 Å². The lowest BCUT2D eigenvalue weighted by molar-refractivity contribution is 0.0996. The molecule has 32 heavy (non-hydrogen) atoms. The highest BCUT2D eigenvalue weighted by molar-refractivity contribution is 6.02. The van der Waals surface area contributed by atoms with Crippen LogP contribution in [0.15, 0.2) is 82.0 Å². The van der Waals surface area contributed by atoms with Gasteiger partial charge in [0.25, 0.3) is 5.91 Å². The number of rotatable bonds is 7. The quantitative estimate of drug-likeness (QED) is 0.388. The number of benzene rings is 2. The van der Waals surface area contributed by atoms with E-state index in [-0.39, 0.29) is 17.7 Å². The lowest BCUT2D eigenvalue weighted by Gasteiger charge is -2.08. The van der Waals surface area contributed by atoms with Gasteiger partial charge in [0.05, 0.1) is 12.0 Å². The van der Waals surface area contributed by atoms with Crippen LogP contribution in [-0.2, 0) is 6.42 Å². The second-order valence-corrected chi connectivity index (χ2v) is 7.15. The molecular weight excluding hydrogens is 408 g/mol. The minimum Gasteiger partial charge on any atom is -0.459 e. The first-order chi connectivity index (χ1) is 15.6. The van der Waals surface area contributed by atoms with Crippen molar-refractivity contribution in [1.82, 2.24) is 10.3 Å². The molecule has 0 fully saturated rings. The summed E-state index contributed by atoms with van der Waals surface area (Å²) < 4.78 is 10.6. The molecule has 0 atom stereocenters. The lowest BCUT2D eigenvalue weighted by Crippen LogP contribution is -2.30. The number of hydrogen-bond donors (Lipinski definition) is 3. The number of carbonyl (C=O) groups excluding carboxylic acids is 2. The molecule has 4 aromatic rings. The Morgan fingerprint density at radius 1 is 0.906 bits per heavy atom. The number of aryl methyl sites for hydroxylation is 1. The van der Waals surface area contributed by atoms with Crippen LogP contribution in [0.1, 0.15) is 21.8 Å². The number of furan rings is 1. The lowest BCUT2D eigenvalue weighted by atomic mass is 10.1. The Hall–Kier alpha value is -4.33. The van der Waals surface area contributed by atoms with Crippen molar-refractivity contribution in [2.75, 3.05) is 17.2 Å². The summed E-state index contributed by atoms with van der Waals surface area (Å²) in [5, 5.41) is 8.25. The zero-order chi connectivity index (χ0) is 22.3. The highest BCUT2D eigenvalue weighted by atomic mass is 16.3. The molecular formula is C24H22N4O4. The van der Waals surface area contributed by atoms with E-state index in [1.807, 2.05) is 31.2 Å². The highest BCUT2D eigenvalue weighted by Gasteiger charge is 2.10. The molecule has 0 aliphatic carbocycles. The van der Waals surface area contributed by atoms with Crippen molar-refractivity contribution in [2.45, 2.75) is 13.3 Å². The Morgan fingerprint density at radius 2 is 1.62 bits per heavy atom. The molecule has 8 nitrogen and oxygen atoms in total. The van der Waals surface area contributed by atoms with E-state index in [2.05, 4.69) is 20.9 Å². The van der Waals surface area contributed by atoms with Gasteiger partial charge in [0, 0.05) is 29.9 Å². The van der Waals surface area contributed by atoms with E-state index < -0.39 is 0 Å². The molecule has 2 heterocycles. The van der Waals surface area contributed by atoms with Gasteiger partial charge in [0.1, 0.15) is 6.26 Å². The smallest absolute Gasteiger partial charge is 0.319 e. The second kappa shape index (κ2) is 9.65. The van der Waals surface area contributed by atoms with Crippen LogP contribution in [0.5, 0.6) is 0 Å². The van der Waals surface area contributed by atoms with Crippen LogP contribution >= 0.6 is 0 Å². The molecule has 3 amide bonds. The van der Waals surface area contributed by atoms with Crippen LogP contribution in [0.25, 0.3) is 11.5 Å². The summed E-state index contributed by atoms with van der Waals surface area (Å²) in [6.45, 7) is 2.43. The molecule has 0 unspecified atom stereocenters. The molecule has 0 saturated carbocycles. The van der Waals surface area contributed by atoms with Crippen LogP contribution < -0.4 is 16.0 Å². The summed E-state index contributed by atoms with van der Waals surface area (Å²) in [4.78, 5) is 28.6. The normalized spacial score (nSPS) is 10.5. The van der Waals surface area contributed by atoms with Crippen LogP contribution in [0.3, 0.4) is 0 Å². The van der Waals surface area contributed by atoms with Crippen molar-refractivity contribution in [1.29, 1.82) is 0 Å². The van der Waals surface area contributed by atoms with Gasteiger partial charge < -0.3 is 24.8 Å². The molecule has 2 aromatic carbocycles.